The molecule has 1 N–H and O–H groups in total. The number of carbonyl (C=O) groups is 1. The lowest BCUT2D eigenvalue weighted by Gasteiger charge is -2.61. The first-order valence-electron chi connectivity index (χ1n) is 10.2. The predicted molar refractivity (Wildman–Crippen MR) is 95.4 cm³/mol. The highest BCUT2D eigenvalue weighted by molar-refractivity contribution is 5.95. The van der Waals surface area contributed by atoms with Crippen LogP contribution in [-0.4, -0.2) is 28.5 Å². The van der Waals surface area contributed by atoms with Gasteiger partial charge in [0, 0.05) is 19.7 Å². The SMILES string of the molecule is Cn1nc(C2CCCO2)cc1NC(=O)C12CC3CC(C1)CC(C(F)(F)F)(C3)C2. The van der Waals surface area contributed by atoms with Crippen LogP contribution in [0.1, 0.15) is 63.2 Å². The Labute approximate surface area is 162 Å². The molecule has 5 fully saturated rings. The maximum atomic E-state index is 13.9. The van der Waals surface area contributed by atoms with Crippen LogP contribution < -0.4 is 5.32 Å². The minimum Gasteiger partial charge on any atom is -0.372 e. The molecule has 1 saturated heterocycles. The molecule has 5 nitrogen and oxygen atoms in total. The number of carbonyl (C=O) groups excluding carboxylic acids is 1. The van der Waals surface area contributed by atoms with Gasteiger partial charge in [0.2, 0.25) is 5.91 Å². The summed E-state index contributed by atoms with van der Waals surface area (Å²) >= 11 is 0. The summed E-state index contributed by atoms with van der Waals surface area (Å²) in [6.07, 6.45) is -0.137. The van der Waals surface area contributed by atoms with Crippen LogP contribution in [-0.2, 0) is 16.6 Å². The molecule has 4 bridgehead atoms. The minimum absolute atomic E-state index is 0.00242. The zero-order valence-electron chi connectivity index (χ0n) is 16.0. The first-order valence-corrected chi connectivity index (χ1v) is 10.2. The summed E-state index contributed by atoms with van der Waals surface area (Å²) in [6.45, 7) is 0.703. The van der Waals surface area contributed by atoms with Crippen molar-refractivity contribution >= 4 is 11.7 Å². The van der Waals surface area contributed by atoms with Crippen molar-refractivity contribution in [2.75, 3.05) is 11.9 Å². The maximum Gasteiger partial charge on any atom is 0.394 e. The quantitative estimate of drug-likeness (QED) is 0.825. The van der Waals surface area contributed by atoms with E-state index in [2.05, 4.69) is 10.4 Å². The highest BCUT2D eigenvalue weighted by atomic mass is 19.4. The monoisotopic (exact) mass is 397 g/mol. The van der Waals surface area contributed by atoms with Gasteiger partial charge in [-0.25, -0.2) is 0 Å². The number of rotatable bonds is 3. The van der Waals surface area contributed by atoms with Crippen molar-refractivity contribution in [3.05, 3.63) is 11.8 Å². The molecular formula is C20H26F3N3O2. The van der Waals surface area contributed by atoms with Crippen LogP contribution in [0, 0.1) is 22.7 Å². The second kappa shape index (κ2) is 5.97. The molecule has 154 valence electrons. The van der Waals surface area contributed by atoms with Gasteiger partial charge in [0.05, 0.1) is 16.5 Å². The molecule has 0 spiro atoms. The summed E-state index contributed by atoms with van der Waals surface area (Å²) in [5, 5.41) is 7.36. The van der Waals surface area contributed by atoms with Crippen LogP contribution >= 0.6 is 0 Å². The molecule has 5 aliphatic rings. The number of nitrogens with zero attached hydrogens (tertiary/aromatic N) is 2. The van der Waals surface area contributed by atoms with Gasteiger partial charge in [0.25, 0.3) is 0 Å². The maximum absolute atomic E-state index is 13.9. The Morgan fingerprint density at radius 1 is 1.29 bits per heavy atom. The van der Waals surface area contributed by atoms with E-state index in [9.17, 15) is 18.0 Å². The number of halogens is 3. The molecule has 0 aromatic carbocycles. The van der Waals surface area contributed by atoms with Crippen LogP contribution in [0.3, 0.4) is 0 Å². The van der Waals surface area contributed by atoms with Crippen molar-refractivity contribution in [2.24, 2.45) is 29.7 Å². The lowest BCUT2D eigenvalue weighted by Crippen LogP contribution is -2.60. The van der Waals surface area contributed by atoms with E-state index in [1.165, 1.54) is 0 Å². The van der Waals surface area contributed by atoms with Gasteiger partial charge in [0.15, 0.2) is 0 Å². The second-order valence-electron chi connectivity index (χ2n) is 9.55. The van der Waals surface area contributed by atoms with Crippen molar-refractivity contribution in [1.82, 2.24) is 9.78 Å². The minimum atomic E-state index is -4.24. The molecule has 2 heterocycles. The first kappa shape index (κ1) is 18.5. The van der Waals surface area contributed by atoms with E-state index in [4.69, 9.17) is 4.74 Å². The van der Waals surface area contributed by atoms with E-state index in [1.807, 2.05) is 0 Å². The van der Waals surface area contributed by atoms with Gasteiger partial charge in [-0.2, -0.15) is 18.3 Å². The fourth-order valence-corrected chi connectivity index (χ4v) is 6.68. The molecule has 0 radical (unpaired) electrons. The topological polar surface area (TPSA) is 56.1 Å². The summed E-state index contributed by atoms with van der Waals surface area (Å²) in [4.78, 5) is 13.3. The molecule has 28 heavy (non-hydrogen) atoms. The Balaban J connectivity index is 1.40. The number of ether oxygens (including phenoxy) is 1. The third-order valence-electron chi connectivity index (χ3n) is 7.54. The lowest BCUT2D eigenvalue weighted by molar-refractivity contribution is -0.283. The predicted octanol–water partition coefficient (Wildman–Crippen LogP) is 4.36. The van der Waals surface area contributed by atoms with E-state index >= 15 is 0 Å². The standard InChI is InChI=1S/C20H26F3N3O2/c1-26-16(6-14(25-26)15-3-2-4-28-15)24-17(27)18-7-12-5-13(8-18)10-19(9-12,11-18)20(21,22)23/h6,12-13,15H,2-5,7-11H2,1H3,(H,24,27). The van der Waals surface area contributed by atoms with Crippen molar-refractivity contribution in [2.45, 2.75) is 63.6 Å². The molecule has 4 aliphatic carbocycles. The highest BCUT2D eigenvalue weighted by Crippen LogP contribution is 2.69. The van der Waals surface area contributed by atoms with Crippen LogP contribution in [0.15, 0.2) is 6.07 Å². The number of aryl methyl sites for hydroxylation is 1. The van der Waals surface area contributed by atoms with Crippen LogP contribution in [0.5, 0.6) is 0 Å². The lowest BCUT2D eigenvalue weighted by atomic mass is 9.43. The smallest absolute Gasteiger partial charge is 0.372 e. The summed E-state index contributed by atoms with van der Waals surface area (Å²) in [7, 11) is 1.74. The molecule has 1 aromatic rings. The Bertz CT molecular complexity index is 783. The number of hydrogen-bond donors (Lipinski definition) is 1. The molecule has 8 heteroatoms. The van der Waals surface area contributed by atoms with Crippen LogP contribution in [0.4, 0.5) is 19.0 Å². The zero-order chi connectivity index (χ0) is 19.7. The Hall–Kier alpha value is -1.57. The van der Waals surface area contributed by atoms with Gasteiger partial charge < -0.3 is 10.1 Å². The van der Waals surface area contributed by atoms with Crippen molar-refractivity contribution < 1.29 is 22.7 Å². The van der Waals surface area contributed by atoms with Crippen LogP contribution in [0.2, 0.25) is 0 Å². The van der Waals surface area contributed by atoms with E-state index < -0.39 is 17.0 Å². The van der Waals surface area contributed by atoms with Crippen LogP contribution in [0.25, 0.3) is 0 Å². The number of anilines is 1. The molecule has 1 aromatic heterocycles. The Morgan fingerprint density at radius 3 is 2.61 bits per heavy atom. The van der Waals surface area contributed by atoms with Crippen molar-refractivity contribution in [3.8, 4) is 0 Å². The Morgan fingerprint density at radius 2 is 2.00 bits per heavy atom. The van der Waals surface area contributed by atoms with Gasteiger partial charge in [-0.15, -0.1) is 0 Å². The summed E-state index contributed by atoms with van der Waals surface area (Å²) in [5.41, 5.74) is -1.81. The van der Waals surface area contributed by atoms with Gasteiger partial charge in [-0.1, -0.05) is 0 Å². The fraction of sp³-hybridized carbons (Fsp3) is 0.800. The highest BCUT2D eigenvalue weighted by Gasteiger charge is 2.68. The Kier molecular flexibility index (Phi) is 3.93. The summed E-state index contributed by atoms with van der Waals surface area (Å²) < 4.78 is 49.1. The third kappa shape index (κ3) is 2.70. The largest absolute Gasteiger partial charge is 0.394 e. The molecule has 3 atom stereocenters. The first-order chi connectivity index (χ1) is 13.2. The third-order valence-corrected chi connectivity index (χ3v) is 7.54. The van der Waals surface area contributed by atoms with E-state index in [-0.39, 0.29) is 43.1 Å². The number of amides is 1. The molecule has 1 amide bonds. The molecule has 3 unspecified atom stereocenters. The summed E-state index contributed by atoms with van der Waals surface area (Å²) in [6, 6.07) is 1.80. The van der Waals surface area contributed by atoms with Gasteiger partial charge in [0.1, 0.15) is 11.9 Å². The van der Waals surface area contributed by atoms with Gasteiger partial charge in [-0.3, -0.25) is 9.48 Å². The molecule has 1 aliphatic heterocycles. The zero-order valence-corrected chi connectivity index (χ0v) is 16.0. The number of alkyl halides is 3. The number of aromatic nitrogens is 2. The average molecular weight is 397 g/mol. The average Bonchev–Trinajstić information content (AvgIpc) is 3.23. The molecular weight excluding hydrogens is 371 g/mol. The van der Waals surface area contributed by atoms with Gasteiger partial charge >= 0.3 is 6.18 Å². The molecule has 6 rings (SSSR count). The van der Waals surface area contributed by atoms with Gasteiger partial charge in [-0.05, 0) is 63.2 Å². The van der Waals surface area contributed by atoms with E-state index in [0.29, 0.717) is 25.3 Å². The molecule has 4 saturated carbocycles. The fourth-order valence-electron chi connectivity index (χ4n) is 6.68. The second-order valence-corrected chi connectivity index (χ2v) is 9.55. The summed E-state index contributed by atoms with van der Waals surface area (Å²) in [5.74, 6) is 0.273. The van der Waals surface area contributed by atoms with E-state index in [0.717, 1.165) is 25.0 Å². The van der Waals surface area contributed by atoms with E-state index in [1.54, 1.807) is 17.8 Å². The van der Waals surface area contributed by atoms with Crippen molar-refractivity contribution in [3.63, 3.8) is 0 Å². The normalized spacial score (nSPS) is 39.5. The van der Waals surface area contributed by atoms with Crippen molar-refractivity contribution in [1.29, 1.82) is 0 Å². The number of nitrogens with one attached hydrogen (secondary N) is 1. The number of hydrogen-bond acceptors (Lipinski definition) is 3.